The van der Waals surface area contributed by atoms with Gasteiger partial charge in [0.15, 0.2) is 10.5 Å². The second-order valence-electron chi connectivity index (χ2n) is 3.82. The van der Waals surface area contributed by atoms with E-state index in [1.807, 2.05) is 0 Å². The molecule has 2 aromatic heterocycles. The van der Waals surface area contributed by atoms with Crippen LogP contribution >= 0.6 is 11.3 Å². The number of aromatic nitrogens is 3. The van der Waals surface area contributed by atoms with Crippen molar-refractivity contribution < 1.29 is 0 Å². The predicted octanol–water partition coefficient (Wildman–Crippen LogP) is 1.78. The highest BCUT2D eigenvalue weighted by atomic mass is 32.1. The number of fused-ring (bicyclic) bond motifs is 1. The Bertz CT molecular complexity index is 418. The average molecular weight is 222 g/mol. The molecule has 0 saturated carbocycles. The molecule has 80 valence electrons. The third kappa shape index (κ3) is 1.98. The van der Waals surface area contributed by atoms with Crippen molar-refractivity contribution >= 4 is 21.8 Å². The van der Waals surface area contributed by atoms with Crippen LogP contribution < -0.4 is 5.73 Å². The first kappa shape index (κ1) is 10.4. The molecule has 0 bridgehead atoms. The summed E-state index contributed by atoms with van der Waals surface area (Å²) in [5.74, 6) is 0.807. The number of hydrogen-bond donors (Lipinski definition) is 1. The molecule has 2 N–H and O–H groups in total. The molecule has 0 fully saturated rings. The van der Waals surface area contributed by atoms with Crippen LogP contribution in [-0.4, -0.2) is 21.5 Å². The van der Waals surface area contributed by atoms with E-state index in [4.69, 9.17) is 5.73 Å². The molecule has 0 aromatic carbocycles. The smallest absolute Gasteiger partial charge is 0.189 e. The van der Waals surface area contributed by atoms with Gasteiger partial charge in [-0.25, -0.2) is 15.0 Å². The van der Waals surface area contributed by atoms with Gasteiger partial charge in [-0.1, -0.05) is 25.2 Å². The summed E-state index contributed by atoms with van der Waals surface area (Å²) in [6, 6.07) is 0. The average Bonchev–Trinajstić information content (AvgIpc) is 2.61. The van der Waals surface area contributed by atoms with Gasteiger partial charge >= 0.3 is 0 Å². The van der Waals surface area contributed by atoms with Crippen molar-refractivity contribution in [1.29, 1.82) is 0 Å². The maximum atomic E-state index is 5.75. The van der Waals surface area contributed by atoms with E-state index in [1.54, 1.807) is 23.7 Å². The molecule has 0 aliphatic heterocycles. The Morgan fingerprint density at radius 2 is 2.07 bits per heavy atom. The van der Waals surface area contributed by atoms with Gasteiger partial charge in [0.2, 0.25) is 0 Å². The molecule has 5 heteroatoms. The van der Waals surface area contributed by atoms with Crippen LogP contribution in [0.2, 0.25) is 0 Å². The highest BCUT2D eigenvalue weighted by molar-refractivity contribution is 7.18. The lowest BCUT2D eigenvalue weighted by atomic mass is 9.97. The van der Waals surface area contributed by atoms with E-state index in [-0.39, 0.29) is 0 Å². The van der Waals surface area contributed by atoms with Crippen LogP contribution in [0.1, 0.15) is 24.8 Å². The zero-order valence-electron chi connectivity index (χ0n) is 8.84. The summed E-state index contributed by atoms with van der Waals surface area (Å²) in [6.45, 7) is 4.94. The lowest BCUT2D eigenvalue weighted by Gasteiger charge is -2.14. The molecule has 0 amide bonds. The van der Waals surface area contributed by atoms with E-state index < -0.39 is 0 Å². The van der Waals surface area contributed by atoms with Crippen LogP contribution in [0.15, 0.2) is 12.4 Å². The predicted molar refractivity (Wildman–Crippen MR) is 61.8 cm³/mol. The fraction of sp³-hybridized carbons (Fsp3) is 0.500. The summed E-state index contributed by atoms with van der Waals surface area (Å²) in [4.78, 5) is 13.8. The molecule has 0 spiro atoms. The summed E-state index contributed by atoms with van der Waals surface area (Å²) in [5, 5.41) is 1.05. The Morgan fingerprint density at radius 3 is 2.67 bits per heavy atom. The second-order valence-corrected chi connectivity index (χ2v) is 4.83. The monoisotopic (exact) mass is 222 g/mol. The van der Waals surface area contributed by atoms with Gasteiger partial charge < -0.3 is 5.73 Å². The van der Waals surface area contributed by atoms with Crippen LogP contribution in [0.25, 0.3) is 10.5 Å². The normalized spacial score (nSPS) is 13.6. The number of nitrogens with zero attached hydrogens (tertiary/aromatic N) is 3. The van der Waals surface area contributed by atoms with Gasteiger partial charge in [0.05, 0.1) is 0 Å². The lowest BCUT2D eigenvalue weighted by Crippen LogP contribution is -2.17. The van der Waals surface area contributed by atoms with Crippen molar-refractivity contribution in [3.05, 3.63) is 17.4 Å². The quantitative estimate of drug-likeness (QED) is 0.859. The minimum Gasteiger partial charge on any atom is -0.330 e. The molecule has 0 radical (unpaired) electrons. The molecule has 2 aromatic rings. The van der Waals surface area contributed by atoms with Crippen molar-refractivity contribution in [1.82, 2.24) is 15.0 Å². The molecule has 1 unspecified atom stereocenters. The van der Waals surface area contributed by atoms with Gasteiger partial charge in [-0.05, 0) is 5.92 Å². The SMILES string of the molecule is CC(C)C(CN)c1nc2nccnc2s1. The summed E-state index contributed by atoms with van der Waals surface area (Å²) in [7, 11) is 0. The summed E-state index contributed by atoms with van der Waals surface area (Å²) in [5.41, 5.74) is 6.49. The zero-order chi connectivity index (χ0) is 10.8. The maximum Gasteiger partial charge on any atom is 0.189 e. The van der Waals surface area contributed by atoms with Gasteiger partial charge in [-0.15, -0.1) is 0 Å². The minimum atomic E-state index is 0.311. The van der Waals surface area contributed by atoms with Gasteiger partial charge in [-0.3, -0.25) is 0 Å². The third-order valence-corrected chi connectivity index (χ3v) is 3.52. The topological polar surface area (TPSA) is 64.7 Å². The van der Waals surface area contributed by atoms with Crippen molar-refractivity contribution in [2.75, 3.05) is 6.54 Å². The molecular weight excluding hydrogens is 208 g/mol. The highest BCUT2D eigenvalue weighted by Gasteiger charge is 2.18. The fourth-order valence-electron chi connectivity index (χ4n) is 1.51. The van der Waals surface area contributed by atoms with E-state index in [0.29, 0.717) is 18.4 Å². The molecule has 0 aliphatic carbocycles. The summed E-state index contributed by atoms with van der Waals surface area (Å²) in [6.07, 6.45) is 3.36. The second kappa shape index (κ2) is 4.20. The first-order valence-corrected chi connectivity index (χ1v) is 5.81. The largest absolute Gasteiger partial charge is 0.330 e. The molecule has 2 rings (SSSR count). The van der Waals surface area contributed by atoms with Gasteiger partial charge in [0.1, 0.15) is 5.01 Å². The Kier molecular flexibility index (Phi) is 2.93. The lowest BCUT2D eigenvalue weighted by molar-refractivity contribution is 0.505. The molecule has 15 heavy (non-hydrogen) atoms. The van der Waals surface area contributed by atoms with E-state index in [1.165, 1.54) is 0 Å². The van der Waals surface area contributed by atoms with Gasteiger partial charge in [0, 0.05) is 24.9 Å². The van der Waals surface area contributed by atoms with E-state index in [2.05, 4.69) is 28.8 Å². The highest BCUT2D eigenvalue weighted by Crippen LogP contribution is 2.29. The van der Waals surface area contributed by atoms with Crippen molar-refractivity contribution in [2.24, 2.45) is 11.7 Å². The Hall–Kier alpha value is -1.07. The molecule has 2 heterocycles. The molecule has 4 nitrogen and oxygen atoms in total. The first-order chi connectivity index (χ1) is 7.22. The standard InChI is InChI=1S/C10H14N4S/c1-6(2)7(5-11)9-14-8-10(15-9)13-4-3-12-8/h3-4,6-7H,5,11H2,1-2H3. The summed E-state index contributed by atoms with van der Waals surface area (Å²) >= 11 is 1.59. The maximum absolute atomic E-state index is 5.75. The van der Waals surface area contributed by atoms with Crippen LogP contribution in [0.3, 0.4) is 0 Å². The Labute approximate surface area is 92.6 Å². The minimum absolute atomic E-state index is 0.311. The number of thiazole rings is 1. The first-order valence-electron chi connectivity index (χ1n) is 5.00. The number of nitrogens with two attached hydrogens (primary N) is 1. The van der Waals surface area contributed by atoms with Crippen LogP contribution in [-0.2, 0) is 0 Å². The van der Waals surface area contributed by atoms with E-state index in [9.17, 15) is 0 Å². The molecule has 1 atom stereocenters. The molecule has 0 saturated heterocycles. The summed E-state index contributed by atoms with van der Waals surface area (Å²) < 4.78 is 0. The number of hydrogen-bond acceptors (Lipinski definition) is 5. The number of rotatable bonds is 3. The third-order valence-electron chi connectivity index (χ3n) is 2.44. The van der Waals surface area contributed by atoms with Crippen molar-refractivity contribution in [3.63, 3.8) is 0 Å². The van der Waals surface area contributed by atoms with E-state index >= 15 is 0 Å². The van der Waals surface area contributed by atoms with Crippen molar-refractivity contribution in [2.45, 2.75) is 19.8 Å². The Morgan fingerprint density at radius 1 is 1.33 bits per heavy atom. The van der Waals surface area contributed by atoms with Crippen LogP contribution in [0, 0.1) is 5.92 Å². The molecule has 0 aliphatic rings. The van der Waals surface area contributed by atoms with Gasteiger partial charge in [0.25, 0.3) is 0 Å². The van der Waals surface area contributed by atoms with Crippen molar-refractivity contribution in [3.8, 4) is 0 Å². The van der Waals surface area contributed by atoms with Gasteiger partial charge in [-0.2, -0.15) is 0 Å². The van der Waals surface area contributed by atoms with Crippen LogP contribution in [0.5, 0.6) is 0 Å². The van der Waals surface area contributed by atoms with Crippen LogP contribution in [0.4, 0.5) is 0 Å². The van der Waals surface area contributed by atoms with E-state index in [0.717, 1.165) is 15.5 Å². The Balaban J connectivity index is 2.43. The fourth-order valence-corrected chi connectivity index (χ4v) is 2.66. The zero-order valence-corrected chi connectivity index (χ0v) is 9.66. The molecular formula is C10H14N4S.